The monoisotopic (exact) mass is 336 g/mol. The molecule has 0 aromatic rings. The van der Waals surface area contributed by atoms with Crippen molar-refractivity contribution in [1.82, 2.24) is 10.6 Å². The maximum Gasteiger partial charge on any atom is 0.223 e. The Bertz CT molecular complexity index is 440. The van der Waals surface area contributed by atoms with E-state index in [-0.39, 0.29) is 41.7 Å². The lowest BCUT2D eigenvalue weighted by Crippen LogP contribution is -2.43. The van der Waals surface area contributed by atoms with Gasteiger partial charge in [0.15, 0.2) is 0 Å². The Balaban J connectivity index is 1.35. The van der Waals surface area contributed by atoms with E-state index in [1.165, 1.54) is 12.8 Å². The Labute approximate surface area is 145 Å². The van der Waals surface area contributed by atoms with E-state index in [0.717, 1.165) is 57.8 Å². The van der Waals surface area contributed by atoms with Crippen LogP contribution in [-0.4, -0.2) is 35.6 Å². The number of carbonyl (C=O) groups excluding carboxylic acids is 2. The number of nitrogens with one attached hydrogen (secondary N) is 2. The molecule has 0 saturated heterocycles. The molecule has 0 aromatic carbocycles. The van der Waals surface area contributed by atoms with Gasteiger partial charge in [-0.25, -0.2) is 0 Å². The van der Waals surface area contributed by atoms with Gasteiger partial charge in [-0.1, -0.05) is 19.3 Å². The normalized spacial score (nSPS) is 34.2. The fourth-order valence-electron chi connectivity index (χ4n) is 4.64. The molecule has 0 aliphatic heterocycles. The minimum absolute atomic E-state index is 0.0724. The quantitative estimate of drug-likeness (QED) is 0.720. The van der Waals surface area contributed by atoms with Crippen LogP contribution in [0.25, 0.3) is 0 Å². The molecule has 3 aliphatic rings. The van der Waals surface area contributed by atoms with Gasteiger partial charge in [0.1, 0.15) is 0 Å². The fraction of sp³-hybridized carbons (Fsp3) is 0.895. The van der Waals surface area contributed by atoms with E-state index in [0.29, 0.717) is 6.54 Å². The second-order valence-corrected chi connectivity index (χ2v) is 8.04. The number of hydrogen-bond acceptors (Lipinski definition) is 3. The molecule has 0 aromatic heterocycles. The van der Waals surface area contributed by atoms with Gasteiger partial charge in [0.25, 0.3) is 0 Å². The molecule has 2 unspecified atom stereocenters. The first-order valence-electron chi connectivity index (χ1n) is 9.89. The summed E-state index contributed by atoms with van der Waals surface area (Å²) in [6.07, 6.45) is 10.7. The van der Waals surface area contributed by atoms with Gasteiger partial charge in [-0.3, -0.25) is 9.59 Å². The summed E-state index contributed by atoms with van der Waals surface area (Å²) in [6, 6.07) is 0.249. The van der Waals surface area contributed by atoms with Crippen LogP contribution in [0.3, 0.4) is 0 Å². The van der Waals surface area contributed by atoms with Crippen molar-refractivity contribution in [2.24, 2.45) is 17.8 Å². The fourth-order valence-corrected chi connectivity index (χ4v) is 4.64. The molecule has 3 N–H and O–H groups in total. The average Bonchev–Trinajstić information content (AvgIpc) is 3.25. The van der Waals surface area contributed by atoms with Crippen molar-refractivity contribution in [3.05, 3.63) is 0 Å². The second-order valence-electron chi connectivity index (χ2n) is 8.04. The third kappa shape index (κ3) is 4.50. The van der Waals surface area contributed by atoms with Crippen molar-refractivity contribution in [2.75, 3.05) is 6.54 Å². The summed E-state index contributed by atoms with van der Waals surface area (Å²) in [6.45, 7) is 0.609. The van der Waals surface area contributed by atoms with E-state index in [4.69, 9.17) is 0 Å². The van der Waals surface area contributed by atoms with Gasteiger partial charge in [0.05, 0.1) is 6.10 Å². The number of rotatable bonds is 5. The molecule has 3 saturated carbocycles. The molecule has 2 atom stereocenters. The second kappa shape index (κ2) is 8.32. The zero-order valence-corrected chi connectivity index (χ0v) is 14.6. The predicted molar refractivity (Wildman–Crippen MR) is 92.2 cm³/mol. The maximum atomic E-state index is 12.3. The van der Waals surface area contributed by atoms with Crippen LogP contribution < -0.4 is 10.6 Å². The summed E-state index contributed by atoms with van der Waals surface area (Å²) in [5.74, 6) is 0.897. The van der Waals surface area contributed by atoms with Gasteiger partial charge in [0.2, 0.25) is 11.8 Å². The van der Waals surface area contributed by atoms with E-state index >= 15 is 0 Å². The molecule has 3 rings (SSSR count). The number of aliphatic hydroxyl groups excluding tert-OH is 1. The Morgan fingerprint density at radius 1 is 0.792 bits per heavy atom. The van der Waals surface area contributed by atoms with Crippen molar-refractivity contribution in [3.8, 4) is 0 Å². The summed E-state index contributed by atoms with van der Waals surface area (Å²) in [5.41, 5.74) is 0. The van der Waals surface area contributed by atoms with Crippen LogP contribution in [0, 0.1) is 17.8 Å². The predicted octanol–water partition coefficient (Wildman–Crippen LogP) is 2.13. The largest absolute Gasteiger partial charge is 0.393 e. The van der Waals surface area contributed by atoms with Crippen molar-refractivity contribution in [2.45, 2.75) is 82.8 Å². The number of aliphatic hydroxyl groups is 1. The first kappa shape index (κ1) is 17.7. The van der Waals surface area contributed by atoms with Gasteiger partial charge >= 0.3 is 0 Å². The zero-order chi connectivity index (χ0) is 16.9. The minimum Gasteiger partial charge on any atom is -0.393 e. The number of carbonyl (C=O) groups is 2. The highest BCUT2D eigenvalue weighted by molar-refractivity contribution is 5.80. The van der Waals surface area contributed by atoms with Crippen molar-refractivity contribution in [1.29, 1.82) is 0 Å². The molecule has 24 heavy (non-hydrogen) atoms. The van der Waals surface area contributed by atoms with E-state index in [9.17, 15) is 14.7 Å². The number of amides is 2. The molecular formula is C19H32N2O3. The summed E-state index contributed by atoms with van der Waals surface area (Å²) < 4.78 is 0. The Hall–Kier alpha value is -1.10. The highest BCUT2D eigenvalue weighted by atomic mass is 16.3. The summed E-state index contributed by atoms with van der Waals surface area (Å²) in [5, 5.41) is 16.1. The molecule has 5 heteroatoms. The standard InChI is InChI=1S/C19H32N2O3/c22-17-7-3-6-15(17)12-20-18(23)14-8-10-16(11-9-14)21-19(24)13-4-1-2-5-13/h13-17,22H,1-12H2,(H,20,23)(H,21,24). The molecule has 0 radical (unpaired) electrons. The lowest BCUT2D eigenvalue weighted by Gasteiger charge is -2.29. The van der Waals surface area contributed by atoms with Gasteiger partial charge in [-0.15, -0.1) is 0 Å². The molecule has 3 aliphatic carbocycles. The first-order valence-corrected chi connectivity index (χ1v) is 9.89. The van der Waals surface area contributed by atoms with Crippen LogP contribution in [0.4, 0.5) is 0 Å². The van der Waals surface area contributed by atoms with E-state index in [1.54, 1.807) is 0 Å². The van der Waals surface area contributed by atoms with Crippen LogP contribution in [-0.2, 0) is 9.59 Å². The van der Waals surface area contributed by atoms with Crippen LogP contribution in [0.2, 0.25) is 0 Å². The maximum absolute atomic E-state index is 12.3. The van der Waals surface area contributed by atoms with Gasteiger partial charge in [-0.2, -0.15) is 0 Å². The molecule has 0 bridgehead atoms. The topological polar surface area (TPSA) is 78.4 Å². The summed E-state index contributed by atoms with van der Waals surface area (Å²) in [7, 11) is 0. The smallest absolute Gasteiger partial charge is 0.223 e. The van der Waals surface area contributed by atoms with Gasteiger partial charge in [0, 0.05) is 30.3 Å². The van der Waals surface area contributed by atoms with Crippen LogP contribution in [0.15, 0.2) is 0 Å². The molecule has 3 fully saturated rings. The molecule has 2 amide bonds. The summed E-state index contributed by atoms with van der Waals surface area (Å²) in [4.78, 5) is 24.5. The molecule has 0 heterocycles. The highest BCUT2D eigenvalue weighted by Crippen LogP contribution is 2.28. The Morgan fingerprint density at radius 2 is 1.46 bits per heavy atom. The highest BCUT2D eigenvalue weighted by Gasteiger charge is 2.31. The van der Waals surface area contributed by atoms with Crippen molar-refractivity contribution < 1.29 is 14.7 Å². The molecule has 136 valence electrons. The first-order chi connectivity index (χ1) is 11.6. The van der Waals surface area contributed by atoms with Crippen LogP contribution in [0.1, 0.15) is 70.6 Å². The molecule has 0 spiro atoms. The van der Waals surface area contributed by atoms with E-state index in [1.807, 2.05) is 0 Å². The van der Waals surface area contributed by atoms with Gasteiger partial charge in [-0.05, 0) is 51.4 Å². The van der Waals surface area contributed by atoms with Crippen LogP contribution in [0.5, 0.6) is 0 Å². The van der Waals surface area contributed by atoms with Crippen molar-refractivity contribution in [3.63, 3.8) is 0 Å². The third-order valence-electron chi connectivity index (χ3n) is 6.33. The third-order valence-corrected chi connectivity index (χ3v) is 6.33. The van der Waals surface area contributed by atoms with E-state index < -0.39 is 0 Å². The van der Waals surface area contributed by atoms with Gasteiger partial charge < -0.3 is 15.7 Å². The lowest BCUT2D eigenvalue weighted by atomic mass is 9.85. The van der Waals surface area contributed by atoms with E-state index in [2.05, 4.69) is 10.6 Å². The molecule has 5 nitrogen and oxygen atoms in total. The minimum atomic E-state index is -0.244. The SMILES string of the molecule is O=C(NCC1CCCC1O)C1CCC(NC(=O)C2CCCC2)CC1. The average molecular weight is 336 g/mol. The zero-order valence-electron chi connectivity index (χ0n) is 14.6. The Morgan fingerprint density at radius 3 is 2.08 bits per heavy atom. The van der Waals surface area contributed by atoms with Crippen LogP contribution >= 0.6 is 0 Å². The van der Waals surface area contributed by atoms with Crippen molar-refractivity contribution >= 4 is 11.8 Å². The number of hydrogen-bond donors (Lipinski definition) is 3. The lowest BCUT2D eigenvalue weighted by molar-refractivity contribution is -0.127. The molecular weight excluding hydrogens is 304 g/mol. The summed E-state index contributed by atoms with van der Waals surface area (Å²) >= 11 is 0. The Kier molecular flexibility index (Phi) is 6.14.